The Morgan fingerprint density at radius 2 is 1.67 bits per heavy atom. The van der Waals surface area contributed by atoms with E-state index in [0.717, 1.165) is 0 Å². The van der Waals surface area contributed by atoms with Gasteiger partial charge in [0.15, 0.2) is 9.84 Å². The minimum Gasteiger partial charge on any atom is -0.475 e. The maximum absolute atomic E-state index is 10.6. The van der Waals surface area contributed by atoms with Crippen LogP contribution < -0.4 is 5.73 Å². The topological polar surface area (TPSA) is 97.5 Å². The van der Waals surface area contributed by atoms with Crippen molar-refractivity contribution in [2.45, 2.75) is 18.6 Å². The molecule has 0 radical (unpaired) electrons. The standard InChI is InChI=1S/C4H9NO2S.C2HF3O2/c1-4(5)2-8(6,7)3-4;3-2(4,5)1(6)7/h2-3,5H2,1H3;(H,6,7). The number of aliphatic carboxylic acids is 1. The lowest BCUT2D eigenvalue weighted by atomic mass is 10.1. The van der Waals surface area contributed by atoms with Crippen molar-refractivity contribution in [2.24, 2.45) is 5.73 Å². The monoisotopic (exact) mass is 249 g/mol. The molecular formula is C6H10F3NO4S. The summed E-state index contributed by atoms with van der Waals surface area (Å²) < 4.78 is 52.6. The van der Waals surface area contributed by atoms with Crippen LogP contribution in [0.15, 0.2) is 0 Å². The number of hydrogen-bond acceptors (Lipinski definition) is 4. The van der Waals surface area contributed by atoms with E-state index < -0.39 is 27.5 Å². The maximum Gasteiger partial charge on any atom is 0.490 e. The fourth-order valence-corrected chi connectivity index (χ4v) is 2.89. The van der Waals surface area contributed by atoms with Gasteiger partial charge in [0.2, 0.25) is 0 Å². The molecule has 1 aliphatic heterocycles. The van der Waals surface area contributed by atoms with Gasteiger partial charge >= 0.3 is 12.1 Å². The van der Waals surface area contributed by atoms with Crippen LogP contribution in [0.1, 0.15) is 6.92 Å². The van der Waals surface area contributed by atoms with E-state index in [1.807, 2.05) is 0 Å². The molecule has 0 bridgehead atoms. The average molecular weight is 249 g/mol. The number of halogens is 3. The van der Waals surface area contributed by atoms with Crippen molar-refractivity contribution in [3.05, 3.63) is 0 Å². The molecule has 1 heterocycles. The summed E-state index contributed by atoms with van der Waals surface area (Å²) in [7, 11) is -2.71. The number of alkyl halides is 3. The van der Waals surface area contributed by atoms with Gasteiger partial charge in [-0.15, -0.1) is 0 Å². The molecular weight excluding hydrogens is 239 g/mol. The molecule has 1 aliphatic rings. The average Bonchev–Trinajstić information content (AvgIpc) is 1.77. The third-order valence-electron chi connectivity index (χ3n) is 1.34. The molecule has 90 valence electrons. The normalized spacial score (nSPS) is 21.9. The molecule has 0 unspecified atom stereocenters. The molecule has 0 atom stereocenters. The highest BCUT2D eigenvalue weighted by molar-refractivity contribution is 7.93. The zero-order valence-electron chi connectivity index (χ0n) is 7.71. The smallest absolute Gasteiger partial charge is 0.475 e. The van der Waals surface area contributed by atoms with Crippen LogP contribution in [0.3, 0.4) is 0 Å². The van der Waals surface area contributed by atoms with E-state index in [4.69, 9.17) is 15.6 Å². The minimum absolute atomic E-state index is 0.153. The van der Waals surface area contributed by atoms with Gasteiger partial charge in [-0.05, 0) is 6.92 Å². The summed E-state index contributed by atoms with van der Waals surface area (Å²) in [5, 5.41) is 7.12. The molecule has 0 spiro atoms. The number of sulfone groups is 1. The summed E-state index contributed by atoms with van der Waals surface area (Å²) in [5.41, 5.74) is 4.99. The lowest BCUT2D eigenvalue weighted by Crippen LogP contribution is -2.59. The second-order valence-corrected chi connectivity index (χ2v) is 5.55. The molecule has 1 saturated heterocycles. The summed E-state index contributed by atoms with van der Waals surface area (Å²) in [5.74, 6) is -2.45. The number of carboxylic acids is 1. The second-order valence-electron chi connectivity index (χ2n) is 3.49. The van der Waals surface area contributed by atoms with Gasteiger partial charge in [0.25, 0.3) is 0 Å². The van der Waals surface area contributed by atoms with Crippen LogP contribution >= 0.6 is 0 Å². The first-order chi connectivity index (χ1) is 6.36. The first-order valence-electron chi connectivity index (χ1n) is 3.65. The van der Waals surface area contributed by atoms with Crippen molar-refractivity contribution < 1.29 is 31.5 Å². The summed E-state index contributed by atoms with van der Waals surface area (Å²) in [4.78, 5) is 8.90. The van der Waals surface area contributed by atoms with Crippen LogP contribution in [-0.4, -0.2) is 42.7 Å². The number of nitrogens with two attached hydrogens (primary N) is 1. The number of carboxylic acid groups (broad SMARTS) is 1. The van der Waals surface area contributed by atoms with Crippen LogP contribution in [0, 0.1) is 0 Å². The Morgan fingerprint density at radius 1 is 1.40 bits per heavy atom. The van der Waals surface area contributed by atoms with Crippen LogP contribution in [0.25, 0.3) is 0 Å². The summed E-state index contributed by atoms with van der Waals surface area (Å²) in [6.45, 7) is 1.74. The number of hydrogen-bond donors (Lipinski definition) is 2. The van der Waals surface area contributed by atoms with Crippen molar-refractivity contribution in [1.82, 2.24) is 0 Å². The zero-order chi connectivity index (χ0) is 12.5. The molecule has 0 aromatic heterocycles. The third-order valence-corrected chi connectivity index (χ3v) is 3.54. The Bertz CT molecular complexity index is 332. The predicted octanol–water partition coefficient (Wildman–Crippen LogP) is -0.234. The van der Waals surface area contributed by atoms with Crippen LogP contribution in [0.5, 0.6) is 0 Å². The molecule has 0 aliphatic carbocycles. The van der Waals surface area contributed by atoms with Crippen LogP contribution in [-0.2, 0) is 14.6 Å². The van der Waals surface area contributed by atoms with Crippen molar-refractivity contribution in [2.75, 3.05) is 11.5 Å². The highest BCUT2D eigenvalue weighted by atomic mass is 32.2. The summed E-state index contributed by atoms with van der Waals surface area (Å²) in [6, 6.07) is 0. The van der Waals surface area contributed by atoms with E-state index in [-0.39, 0.29) is 11.5 Å². The second kappa shape index (κ2) is 3.97. The van der Waals surface area contributed by atoms with Gasteiger partial charge in [0, 0.05) is 5.54 Å². The van der Waals surface area contributed by atoms with Crippen LogP contribution in [0.4, 0.5) is 13.2 Å². The molecule has 5 nitrogen and oxygen atoms in total. The highest BCUT2D eigenvalue weighted by Crippen LogP contribution is 2.18. The Labute approximate surface area is 84.0 Å². The molecule has 9 heteroatoms. The first kappa shape index (κ1) is 14.2. The van der Waals surface area contributed by atoms with Crippen molar-refractivity contribution in [1.29, 1.82) is 0 Å². The predicted molar refractivity (Wildman–Crippen MR) is 44.9 cm³/mol. The van der Waals surface area contributed by atoms with Crippen molar-refractivity contribution >= 4 is 15.8 Å². The van der Waals surface area contributed by atoms with Gasteiger partial charge < -0.3 is 10.8 Å². The molecule has 15 heavy (non-hydrogen) atoms. The minimum atomic E-state index is -5.08. The van der Waals surface area contributed by atoms with Gasteiger partial charge in [-0.25, -0.2) is 13.2 Å². The first-order valence-corrected chi connectivity index (χ1v) is 5.47. The third kappa shape index (κ3) is 5.57. The van der Waals surface area contributed by atoms with E-state index in [9.17, 15) is 21.6 Å². The van der Waals surface area contributed by atoms with E-state index >= 15 is 0 Å². The zero-order valence-corrected chi connectivity index (χ0v) is 8.52. The van der Waals surface area contributed by atoms with E-state index in [0.29, 0.717) is 0 Å². The molecule has 0 aromatic carbocycles. The Hall–Kier alpha value is -0.830. The molecule has 1 rings (SSSR count). The van der Waals surface area contributed by atoms with Gasteiger partial charge in [0.05, 0.1) is 11.5 Å². The highest BCUT2D eigenvalue weighted by Gasteiger charge is 2.41. The Balaban J connectivity index is 0.000000265. The fraction of sp³-hybridized carbons (Fsp3) is 0.833. The Morgan fingerprint density at radius 3 is 1.67 bits per heavy atom. The van der Waals surface area contributed by atoms with Gasteiger partial charge in [0.1, 0.15) is 0 Å². The molecule has 0 saturated carbocycles. The van der Waals surface area contributed by atoms with E-state index in [1.165, 1.54) is 0 Å². The maximum atomic E-state index is 10.6. The number of rotatable bonds is 0. The summed E-state index contributed by atoms with van der Waals surface area (Å²) in [6.07, 6.45) is -5.08. The van der Waals surface area contributed by atoms with E-state index in [2.05, 4.69) is 0 Å². The quantitative estimate of drug-likeness (QED) is 0.617. The lowest BCUT2D eigenvalue weighted by molar-refractivity contribution is -0.192. The van der Waals surface area contributed by atoms with Gasteiger partial charge in [-0.1, -0.05) is 0 Å². The van der Waals surface area contributed by atoms with Gasteiger partial charge in [-0.2, -0.15) is 13.2 Å². The van der Waals surface area contributed by atoms with Crippen LogP contribution in [0.2, 0.25) is 0 Å². The molecule has 0 amide bonds. The number of carbonyl (C=O) groups is 1. The summed E-state index contributed by atoms with van der Waals surface area (Å²) >= 11 is 0. The van der Waals surface area contributed by atoms with Crippen molar-refractivity contribution in [3.8, 4) is 0 Å². The van der Waals surface area contributed by atoms with Crippen molar-refractivity contribution in [3.63, 3.8) is 0 Å². The van der Waals surface area contributed by atoms with Gasteiger partial charge in [-0.3, -0.25) is 0 Å². The molecule has 3 N–H and O–H groups in total. The molecule has 0 aromatic rings. The molecule has 1 fully saturated rings. The Kier molecular flexibility index (Phi) is 3.75. The van der Waals surface area contributed by atoms with E-state index in [1.54, 1.807) is 6.92 Å². The SMILES string of the molecule is CC1(N)CS(=O)(=O)C1.O=C(O)C(F)(F)F. The lowest BCUT2D eigenvalue weighted by Gasteiger charge is -2.33. The largest absolute Gasteiger partial charge is 0.490 e. The fourth-order valence-electron chi connectivity index (χ4n) is 0.962.